The molecule has 0 fully saturated rings. The van der Waals surface area contributed by atoms with Crippen LogP contribution in [-0.4, -0.2) is 6.21 Å². The second-order valence-corrected chi connectivity index (χ2v) is 8.34. The van der Waals surface area contributed by atoms with Crippen LogP contribution in [0.4, 0.5) is 11.4 Å². The van der Waals surface area contributed by atoms with Crippen molar-refractivity contribution < 1.29 is 0 Å². The van der Waals surface area contributed by atoms with E-state index < -0.39 is 0 Å². The Morgan fingerprint density at radius 1 is 0.741 bits per heavy atom. The molecule has 1 aliphatic rings. The molecule has 4 aromatic rings. The number of rotatable bonds is 3. The maximum atomic E-state index is 6.09. The standard InChI is InChI=1S/C23H16N2S2/c24-15-5-7-19-20-8-6-16(25-14-18-4-2-10-27-18)12-22(20)23(21(19)11-15)13-17-3-1-9-26-17/h1-14H,24H2/b23-13+,25-14+. The molecular formula is C23H16N2S2. The van der Waals surface area contributed by atoms with E-state index in [1.165, 1.54) is 32.7 Å². The fourth-order valence-electron chi connectivity index (χ4n) is 3.41. The molecule has 0 saturated heterocycles. The Hall–Kier alpha value is -2.95. The Balaban J connectivity index is 1.64. The maximum Gasteiger partial charge on any atom is 0.0636 e. The lowest BCUT2D eigenvalue weighted by atomic mass is 10.0. The van der Waals surface area contributed by atoms with Gasteiger partial charge in [0.2, 0.25) is 0 Å². The van der Waals surface area contributed by atoms with Gasteiger partial charge in [-0.15, -0.1) is 22.7 Å². The van der Waals surface area contributed by atoms with Crippen LogP contribution in [0.15, 0.2) is 76.4 Å². The molecule has 0 bridgehead atoms. The summed E-state index contributed by atoms with van der Waals surface area (Å²) in [4.78, 5) is 7.06. The molecule has 0 unspecified atom stereocenters. The number of benzene rings is 2. The number of nitrogen functional groups attached to an aromatic ring is 1. The molecule has 0 radical (unpaired) electrons. The van der Waals surface area contributed by atoms with Crippen molar-refractivity contribution in [3.63, 3.8) is 0 Å². The molecule has 0 saturated carbocycles. The molecule has 0 amide bonds. The quantitative estimate of drug-likeness (QED) is 0.272. The normalized spacial score (nSPS) is 14.0. The predicted molar refractivity (Wildman–Crippen MR) is 119 cm³/mol. The van der Waals surface area contributed by atoms with Crippen molar-refractivity contribution in [3.8, 4) is 11.1 Å². The lowest BCUT2D eigenvalue weighted by Gasteiger charge is -2.04. The largest absolute Gasteiger partial charge is 0.399 e. The van der Waals surface area contributed by atoms with Gasteiger partial charge in [0.1, 0.15) is 0 Å². The van der Waals surface area contributed by atoms with E-state index in [9.17, 15) is 0 Å². The average Bonchev–Trinajstić information content (AvgIpc) is 3.42. The zero-order valence-corrected chi connectivity index (χ0v) is 16.1. The van der Waals surface area contributed by atoms with E-state index in [0.29, 0.717) is 0 Å². The van der Waals surface area contributed by atoms with Crippen LogP contribution < -0.4 is 5.73 Å². The first-order valence-electron chi connectivity index (χ1n) is 8.65. The van der Waals surface area contributed by atoms with E-state index in [2.05, 4.69) is 70.4 Å². The van der Waals surface area contributed by atoms with Gasteiger partial charge in [0, 0.05) is 21.7 Å². The number of thiophene rings is 2. The summed E-state index contributed by atoms with van der Waals surface area (Å²) in [6.45, 7) is 0. The van der Waals surface area contributed by atoms with Gasteiger partial charge in [0.05, 0.1) is 5.69 Å². The number of fused-ring (bicyclic) bond motifs is 3. The first-order chi connectivity index (χ1) is 13.3. The molecule has 4 heteroatoms. The van der Waals surface area contributed by atoms with Crippen LogP contribution in [0.3, 0.4) is 0 Å². The van der Waals surface area contributed by atoms with E-state index in [0.717, 1.165) is 16.3 Å². The van der Waals surface area contributed by atoms with Gasteiger partial charge in [-0.2, -0.15) is 0 Å². The van der Waals surface area contributed by atoms with Crippen molar-refractivity contribution >= 4 is 51.9 Å². The highest BCUT2D eigenvalue weighted by atomic mass is 32.1. The average molecular weight is 385 g/mol. The SMILES string of the molecule is Nc1ccc2c(c1)/C(=C\c1cccs1)c1cc(/N=C/c3cccs3)ccc1-2. The van der Waals surface area contributed by atoms with Gasteiger partial charge in [-0.3, -0.25) is 4.99 Å². The lowest BCUT2D eigenvalue weighted by Crippen LogP contribution is -1.87. The Kier molecular flexibility index (Phi) is 4.00. The van der Waals surface area contributed by atoms with Crippen LogP contribution in [0.5, 0.6) is 0 Å². The Morgan fingerprint density at radius 2 is 1.44 bits per heavy atom. The van der Waals surface area contributed by atoms with Crippen molar-refractivity contribution in [1.82, 2.24) is 0 Å². The Labute approximate surface area is 166 Å². The van der Waals surface area contributed by atoms with Crippen molar-refractivity contribution in [1.29, 1.82) is 0 Å². The molecule has 5 rings (SSSR count). The van der Waals surface area contributed by atoms with Crippen LogP contribution in [0, 0.1) is 0 Å². The molecule has 0 aliphatic heterocycles. The van der Waals surface area contributed by atoms with Gasteiger partial charge in [-0.25, -0.2) is 0 Å². The topological polar surface area (TPSA) is 38.4 Å². The Bertz CT molecular complexity index is 1170. The number of hydrogen-bond donors (Lipinski definition) is 1. The summed E-state index contributed by atoms with van der Waals surface area (Å²) < 4.78 is 0. The fourth-order valence-corrected chi connectivity index (χ4v) is 4.65. The van der Waals surface area contributed by atoms with Crippen LogP contribution in [-0.2, 0) is 0 Å². The van der Waals surface area contributed by atoms with Crippen molar-refractivity contribution in [2.45, 2.75) is 0 Å². The van der Waals surface area contributed by atoms with Gasteiger partial charge in [0.25, 0.3) is 0 Å². The van der Waals surface area contributed by atoms with E-state index in [-0.39, 0.29) is 0 Å². The summed E-state index contributed by atoms with van der Waals surface area (Å²) >= 11 is 3.43. The van der Waals surface area contributed by atoms with E-state index in [4.69, 9.17) is 5.73 Å². The summed E-state index contributed by atoms with van der Waals surface area (Å²) in [7, 11) is 0. The highest BCUT2D eigenvalue weighted by molar-refractivity contribution is 7.11. The predicted octanol–water partition coefficient (Wildman–Crippen LogP) is 6.71. The minimum atomic E-state index is 0.787. The summed E-state index contributed by atoms with van der Waals surface area (Å²) in [5, 5.41) is 4.16. The molecule has 2 aromatic heterocycles. The minimum absolute atomic E-state index is 0.787. The fraction of sp³-hybridized carbons (Fsp3) is 0. The lowest BCUT2D eigenvalue weighted by molar-refractivity contribution is 1.52. The van der Waals surface area contributed by atoms with Crippen molar-refractivity contribution in [3.05, 3.63) is 92.3 Å². The van der Waals surface area contributed by atoms with Gasteiger partial charge in [0.15, 0.2) is 0 Å². The second kappa shape index (κ2) is 6.65. The molecule has 0 atom stereocenters. The number of hydrogen-bond acceptors (Lipinski definition) is 4. The van der Waals surface area contributed by atoms with E-state index in [1.54, 1.807) is 22.7 Å². The van der Waals surface area contributed by atoms with Crippen LogP contribution in [0.1, 0.15) is 20.9 Å². The molecule has 1 aliphatic carbocycles. The molecule has 0 spiro atoms. The van der Waals surface area contributed by atoms with Crippen molar-refractivity contribution in [2.24, 2.45) is 4.99 Å². The van der Waals surface area contributed by atoms with Gasteiger partial charge < -0.3 is 5.73 Å². The third-order valence-corrected chi connectivity index (χ3v) is 6.26. The number of aliphatic imine (C=N–C) groups is 1. The van der Waals surface area contributed by atoms with Gasteiger partial charge in [-0.1, -0.05) is 24.3 Å². The number of nitrogens with two attached hydrogens (primary N) is 1. The highest BCUT2D eigenvalue weighted by Crippen LogP contribution is 2.47. The smallest absolute Gasteiger partial charge is 0.0636 e. The first-order valence-corrected chi connectivity index (χ1v) is 10.4. The summed E-state index contributed by atoms with van der Waals surface area (Å²) in [5.41, 5.74) is 13.9. The Morgan fingerprint density at radius 3 is 2.19 bits per heavy atom. The molecular weight excluding hydrogens is 368 g/mol. The zero-order valence-electron chi connectivity index (χ0n) is 14.4. The molecule has 27 heavy (non-hydrogen) atoms. The van der Waals surface area contributed by atoms with Gasteiger partial charge in [-0.05, 0) is 81.1 Å². The monoisotopic (exact) mass is 384 g/mol. The second-order valence-electron chi connectivity index (χ2n) is 6.38. The van der Waals surface area contributed by atoms with Crippen LogP contribution in [0.2, 0.25) is 0 Å². The zero-order chi connectivity index (χ0) is 18.2. The van der Waals surface area contributed by atoms with Crippen LogP contribution in [0.25, 0.3) is 22.8 Å². The van der Waals surface area contributed by atoms with E-state index in [1.807, 2.05) is 18.3 Å². The minimum Gasteiger partial charge on any atom is -0.399 e. The number of anilines is 1. The molecule has 130 valence electrons. The third-order valence-electron chi connectivity index (χ3n) is 4.63. The molecule has 2 heterocycles. The first kappa shape index (κ1) is 16.2. The van der Waals surface area contributed by atoms with E-state index >= 15 is 0 Å². The third kappa shape index (κ3) is 3.03. The van der Waals surface area contributed by atoms with Crippen LogP contribution >= 0.6 is 22.7 Å². The van der Waals surface area contributed by atoms with Gasteiger partial charge >= 0.3 is 0 Å². The van der Waals surface area contributed by atoms with Crippen molar-refractivity contribution in [2.75, 3.05) is 5.73 Å². The summed E-state index contributed by atoms with van der Waals surface area (Å²) in [5.74, 6) is 0. The highest BCUT2D eigenvalue weighted by Gasteiger charge is 2.24. The summed E-state index contributed by atoms with van der Waals surface area (Å²) in [6.07, 6.45) is 4.18. The maximum absolute atomic E-state index is 6.09. The number of nitrogens with zero attached hydrogens (tertiary/aromatic N) is 1. The summed E-state index contributed by atoms with van der Waals surface area (Å²) in [6, 6.07) is 20.9. The molecule has 2 aromatic carbocycles. The molecule has 2 nitrogen and oxygen atoms in total. The molecule has 2 N–H and O–H groups in total.